The van der Waals surface area contributed by atoms with Crippen LogP contribution in [0.3, 0.4) is 0 Å². The lowest BCUT2D eigenvalue weighted by atomic mass is 10.1. The lowest BCUT2D eigenvalue weighted by Gasteiger charge is -2.14. The maximum absolute atomic E-state index is 12.7. The number of hydrogen-bond donors (Lipinski definition) is 2. The summed E-state index contributed by atoms with van der Waals surface area (Å²) in [4.78, 5) is 4.81. The smallest absolute Gasteiger partial charge is 0.417 e. The third kappa shape index (κ3) is 6.33. The molecule has 0 aliphatic rings. The van der Waals surface area contributed by atoms with Gasteiger partial charge in [0.2, 0.25) is 0 Å². The van der Waals surface area contributed by atoms with Crippen LogP contribution < -0.4 is 15.4 Å². The topological polar surface area (TPSA) is 56.5 Å². The van der Waals surface area contributed by atoms with Crippen molar-refractivity contribution >= 4 is 11.9 Å². The minimum absolute atomic E-state index is 0.262. The molecular formula is C17H17F3N2O2S. The molecule has 0 amide bonds. The Morgan fingerprint density at radius 3 is 2.52 bits per heavy atom. The zero-order chi connectivity index (χ0) is 18.3. The molecule has 0 bridgehead atoms. The molecule has 0 radical (unpaired) electrons. The predicted octanol–water partition coefficient (Wildman–Crippen LogP) is 4.64. The summed E-state index contributed by atoms with van der Waals surface area (Å²) in [5.74, 6) is 5.22. The molecule has 2 aromatic rings. The lowest BCUT2D eigenvalue weighted by Crippen LogP contribution is -2.18. The molecule has 0 aliphatic carbocycles. The zero-order valence-electron chi connectivity index (χ0n) is 13.3. The van der Waals surface area contributed by atoms with Crippen LogP contribution in [-0.2, 0) is 4.84 Å². The van der Waals surface area contributed by atoms with Crippen LogP contribution in [0, 0.1) is 0 Å². The van der Waals surface area contributed by atoms with Gasteiger partial charge >= 0.3 is 6.36 Å². The van der Waals surface area contributed by atoms with Crippen molar-refractivity contribution < 1.29 is 22.7 Å². The van der Waals surface area contributed by atoms with Crippen molar-refractivity contribution in [3.63, 3.8) is 0 Å². The first kappa shape index (κ1) is 19.2. The van der Waals surface area contributed by atoms with Gasteiger partial charge in [-0.1, -0.05) is 36.4 Å². The highest BCUT2D eigenvalue weighted by Crippen LogP contribution is 2.35. The maximum Gasteiger partial charge on any atom is 0.573 e. The van der Waals surface area contributed by atoms with Crippen molar-refractivity contribution in [2.75, 3.05) is 6.54 Å². The van der Waals surface area contributed by atoms with Crippen LogP contribution in [0.2, 0.25) is 0 Å². The van der Waals surface area contributed by atoms with E-state index in [1.807, 2.05) is 30.3 Å². The Balaban J connectivity index is 2.20. The van der Waals surface area contributed by atoms with Gasteiger partial charge in [0, 0.05) is 6.54 Å². The van der Waals surface area contributed by atoms with Crippen LogP contribution in [-0.4, -0.2) is 12.9 Å². The molecule has 0 heterocycles. The summed E-state index contributed by atoms with van der Waals surface area (Å²) in [7, 11) is 0. The number of ether oxygens (including phenoxy) is 1. The highest BCUT2D eigenvalue weighted by Gasteiger charge is 2.32. The summed E-state index contributed by atoms with van der Waals surface area (Å²) < 4.78 is 45.2. The molecule has 2 rings (SSSR count). The first-order valence-electron chi connectivity index (χ1n) is 7.27. The number of hydrogen-bond acceptors (Lipinski definition) is 5. The van der Waals surface area contributed by atoms with Gasteiger partial charge < -0.3 is 9.57 Å². The van der Waals surface area contributed by atoms with E-state index in [-0.39, 0.29) is 5.75 Å². The maximum atomic E-state index is 12.7. The average molecular weight is 370 g/mol. The van der Waals surface area contributed by atoms with Gasteiger partial charge in [-0.15, -0.1) is 13.2 Å². The van der Waals surface area contributed by atoms with Crippen molar-refractivity contribution in [2.45, 2.75) is 18.2 Å². The molecular weight excluding hydrogens is 353 g/mol. The summed E-state index contributed by atoms with van der Waals surface area (Å²) in [5.41, 5.74) is 1.44. The van der Waals surface area contributed by atoms with Crippen molar-refractivity contribution in [3.8, 4) is 16.9 Å². The van der Waals surface area contributed by atoms with Crippen LogP contribution in [0.4, 0.5) is 13.2 Å². The monoisotopic (exact) mass is 370 g/mol. The summed E-state index contributed by atoms with van der Waals surface area (Å²) in [6.07, 6.45) is -3.11. The highest BCUT2D eigenvalue weighted by atomic mass is 32.2. The second-order valence-electron chi connectivity index (χ2n) is 4.96. The van der Waals surface area contributed by atoms with Gasteiger partial charge in [0.05, 0.1) is 4.90 Å². The highest BCUT2D eigenvalue weighted by molar-refractivity contribution is 7.97. The molecule has 134 valence electrons. The van der Waals surface area contributed by atoms with Crippen LogP contribution in [0.15, 0.2) is 65.3 Å². The Morgan fingerprint density at radius 2 is 1.88 bits per heavy atom. The Labute approximate surface area is 147 Å². The Bertz CT molecular complexity index is 722. The third-order valence-corrected chi connectivity index (χ3v) is 3.99. The van der Waals surface area contributed by atoms with E-state index in [1.165, 1.54) is 6.07 Å². The van der Waals surface area contributed by atoms with Gasteiger partial charge in [-0.25, -0.2) is 0 Å². The first-order valence-corrected chi connectivity index (χ1v) is 8.09. The lowest BCUT2D eigenvalue weighted by molar-refractivity contribution is -0.275. The number of allylic oxidation sites excluding steroid dienone is 1. The van der Waals surface area contributed by atoms with E-state index < -0.39 is 6.36 Å². The predicted molar refractivity (Wildman–Crippen MR) is 91.5 cm³/mol. The fourth-order valence-electron chi connectivity index (χ4n) is 1.96. The average Bonchev–Trinajstić information content (AvgIpc) is 2.58. The second kappa shape index (κ2) is 8.80. The van der Waals surface area contributed by atoms with Gasteiger partial charge in [-0.2, -0.15) is 5.90 Å². The van der Waals surface area contributed by atoms with E-state index in [4.69, 9.17) is 5.90 Å². The standard InChI is InChI=1S/C17H17F3N2O2S/c1-12(24-21)9-10-22-25-16-8-7-14(13-5-3-2-4-6-13)11-15(16)23-17(18,19)20/h2-9,11,22H,10,21H2,1H3/b12-9-. The Morgan fingerprint density at radius 1 is 1.16 bits per heavy atom. The molecule has 0 aliphatic heterocycles. The van der Waals surface area contributed by atoms with Crippen molar-refractivity contribution in [1.29, 1.82) is 0 Å². The van der Waals surface area contributed by atoms with Gasteiger partial charge in [-0.05, 0) is 48.2 Å². The second-order valence-corrected chi connectivity index (χ2v) is 5.89. The Kier molecular flexibility index (Phi) is 6.74. The number of alkyl halides is 3. The van der Waals surface area contributed by atoms with Crippen LogP contribution in [0.5, 0.6) is 5.75 Å². The van der Waals surface area contributed by atoms with Gasteiger partial charge in [0.1, 0.15) is 11.5 Å². The number of nitrogens with two attached hydrogens (primary N) is 1. The number of benzene rings is 2. The summed E-state index contributed by atoms with van der Waals surface area (Å²) in [5, 5.41) is 0. The minimum Gasteiger partial charge on any atom is -0.417 e. The SMILES string of the molecule is C/C(=C/CNSc1ccc(-c2ccccc2)cc1OC(F)(F)F)ON. The summed E-state index contributed by atoms with van der Waals surface area (Å²) >= 11 is 1.03. The molecule has 25 heavy (non-hydrogen) atoms. The summed E-state index contributed by atoms with van der Waals surface area (Å²) in [6, 6.07) is 13.8. The minimum atomic E-state index is -4.77. The normalized spacial score (nSPS) is 12.1. The molecule has 0 fully saturated rings. The zero-order valence-corrected chi connectivity index (χ0v) is 14.2. The third-order valence-electron chi connectivity index (χ3n) is 3.12. The molecule has 0 aromatic heterocycles. The van der Waals surface area contributed by atoms with Crippen molar-refractivity contribution in [1.82, 2.24) is 4.72 Å². The molecule has 0 spiro atoms. The molecule has 0 saturated heterocycles. The first-order chi connectivity index (χ1) is 11.9. The van der Waals surface area contributed by atoms with E-state index in [0.717, 1.165) is 17.5 Å². The van der Waals surface area contributed by atoms with Crippen molar-refractivity contribution in [3.05, 3.63) is 60.4 Å². The van der Waals surface area contributed by atoms with E-state index in [9.17, 15) is 13.2 Å². The molecule has 3 N–H and O–H groups in total. The number of rotatable bonds is 7. The Hall–Kier alpha value is -2.16. The van der Waals surface area contributed by atoms with Gasteiger partial charge in [0.15, 0.2) is 0 Å². The van der Waals surface area contributed by atoms with Gasteiger partial charge in [0.25, 0.3) is 0 Å². The van der Waals surface area contributed by atoms with Crippen LogP contribution >= 0.6 is 11.9 Å². The van der Waals surface area contributed by atoms with Gasteiger partial charge in [-0.3, -0.25) is 4.72 Å². The number of nitrogens with one attached hydrogen (secondary N) is 1. The molecule has 2 aromatic carbocycles. The van der Waals surface area contributed by atoms with Crippen LogP contribution in [0.25, 0.3) is 11.1 Å². The van der Waals surface area contributed by atoms with E-state index in [0.29, 0.717) is 22.8 Å². The quantitative estimate of drug-likeness (QED) is 0.322. The fraction of sp³-hybridized carbons (Fsp3) is 0.176. The fourth-order valence-corrected chi connectivity index (χ4v) is 2.62. The van der Waals surface area contributed by atoms with E-state index in [2.05, 4.69) is 14.3 Å². The molecule has 0 saturated carbocycles. The summed E-state index contributed by atoms with van der Waals surface area (Å²) in [6.45, 7) is 2.03. The number of halogens is 3. The molecule has 4 nitrogen and oxygen atoms in total. The molecule has 8 heteroatoms. The molecule has 0 atom stereocenters. The van der Waals surface area contributed by atoms with Crippen molar-refractivity contribution in [2.24, 2.45) is 5.90 Å². The van der Waals surface area contributed by atoms with E-state index in [1.54, 1.807) is 25.1 Å². The molecule has 0 unspecified atom stereocenters. The van der Waals surface area contributed by atoms with Crippen LogP contribution in [0.1, 0.15) is 6.92 Å². The van der Waals surface area contributed by atoms with E-state index >= 15 is 0 Å². The largest absolute Gasteiger partial charge is 0.573 e.